The molecule has 0 bridgehead atoms. The maximum Gasteiger partial charge on any atom is 0.401 e. The summed E-state index contributed by atoms with van der Waals surface area (Å²) in [5.74, 6) is 0. The van der Waals surface area contributed by atoms with Crippen molar-refractivity contribution in [3.8, 4) is 0 Å². The quantitative estimate of drug-likeness (QED) is 0.925. The van der Waals surface area contributed by atoms with Gasteiger partial charge in [-0.25, -0.2) is 0 Å². The van der Waals surface area contributed by atoms with E-state index in [0.29, 0.717) is 32.7 Å². The van der Waals surface area contributed by atoms with Gasteiger partial charge >= 0.3 is 6.18 Å². The van der Waals surface area contributed by atoms with Gasteiger partial charge in [-0.3, -0.25) is 9.80 Å². The van der Waals surface area contributed by atoms with Gasteiger partial charge in [-0.1, -0.05) is 24.3 Å². The van der Waals surface area contributed by atoms with Crippen LogP contribution in [0.3, 0.4) is 0 Å². The third kappa shape index (κ3) is 4.43. The van der Waals surface area contributed by atoms with Crippen LogP contribution >= 0.6 is 0 Å². The Morgan fingerprint density at radius 1 is 1.14 bits per heavy atom. The summed E-state index contributed by atoms with van der Waals surface area (Å²) >= 11 is 0. The van der Waals surface area contributed by atoms with E-state index in [2.05, 4.69) is 11.0 Å². The Morgan fingerprint density at radius 2 is 1.76 bits per heavy atom. The summed E-state index contributed by atoms with van der Waals surface area (Å²) in [7, 11) is 0. The predicted octanol–water partition coefficient (Wildman–Crippen LogP) is 2.17. The number of benzene rings is 1. The minimum atomic E-state index is -4.12. The number of hydrogen-bond acceptors (Lipinski definition) is 3. The lowest BCUT2D eigenvalue weighted by molar-refractivity contribution is -0.149. The van der Waals surface area contributed by atoms with Gasteiger partial charge in [-0.2, -0.15) is 13.2 Å². The van der Waals surface area contributed by atoms with Crippen LogP contribution in [-0.4, -0.2) is 55.2 Å². The molecule has 0 radical (unpaired) electrons. The summed E-state index contributed by atoms with van der Waals surface area (Å²) in [6.45, 7) is 3.79. The Labute approximate surface area is 123 Å². The normalized spacial score (nSPS) is 19.7. The van der Waals surface area contributed by atoms with Crippen LogP contribution in [0.2, 0.25) is 0 Å². The monoisotopic (exact) mass is 301 g/mol. The van der Waals surface area contributed by atoms with Gasteiger partial charge in [0.1, 0.15) is 0 Å². The fourth-order valence-electron chi connectivity index (χ4n) is 2.92. The van der Waals surface area contributed by atoms with Gasteiger partial charge in [0.25, 0.3) is 0 Å². The maximum atomic E-state index is 12.4. The summed E-state index contributed by atoms with van der Waals surface area (Å²) in [4.78, 5) is 3.65. The molecule has 1 aliphatic heterocycles. The van der Waals surface area contributed by atoms with Crippen molar-refractivity contribution in [1.82, 2.24) is 9.80 Å². The van der Waals surface area contributed by atoms with E-state index in [4.69, 9.17) is 5.73 Å². The third-order valence-corrected chi connectivity index (χ3v) is 4.02. The van der Waals surface area contributed by atoms with Crippen LogP contribution in [0.4, 0.5) is 13.2 Å². The number of piperazine rings is 1. The van der Waals surface area contributed by atoms with Crippen molar-refractivity contribution in [3.63, 3.8) is 0 Å². The topological polar surface area (TPSA) is 32.5 Å². The molecule has 6 heteroatoms. The zero-order valence-electron chi connectivity index (χ0n) is 12.2. The van der Waals surface area contributed by atoms with Gasteiger partial charge in [0.05, 0.1) is 6.54 Å². The van der Waals surface area contributed by atoms with Crippen molar-refractivity contribution in [2.24, 2.45) is 5.73 Å². The highest BCUT2D eigenvalue weighted by Crippen LogP contribution is 2.25. The first-order valence-electron chi connectivity index (χ1n) is 7.19. The van der Waals surface area contributed by atoms with Gasteiger partial charge in [0.15, 0.2) is 0 Å². The Morgan fingerprint density at radius 3 is 2.29 bits per heavy atom. The van der Waals surface area contributed by atoms with E-state index in [1.165, 1.54) is 16.0 Å². The number of nitrogens with two attached hydrogens (primary N) is 1. The summed E-state index contributed by atoms with van der Waals surface area (Å²) < 4.78 is 37.2. The molecule has 0 spiro atoms. The van der Waals surface area contributed by atoms with Crippen molar-refractivity contribution in [2.75, 3.05) is 39.3 Å². The first-order chi connectivity index (χ1) is 9.90. The van der Waals surface area contributed by atoms with E-state index >= 15 is 0 Å². The first kappa shape index (κ1) is 16.3. The van der Waals surface area contributed by atoms with Crippen LogP contribution < -0.4 is 5.73 Å². The zero-order valence-corrected chi connectivity index (χ0v) is 12.2. The van der Waals surface area contributed by atoms with E-state index in [9.17, 15) is 13.2 Å². The molecule has 0 aliphatic carbocycles. The molecule has 1 aliphatic rings. The number of alkyl halides is 3. The van der Waals surface area contributed by atoms with Crippen LogP contribution in [0.5, 0.6) is 0 Å². The fraction of sp³-hybridized carbons (Fsp3) is 0.600. The molecule has 118 valence electrons. The molecule has 1 fully saturated rings. The number of nitrogens with zero attached hydrogens (tertiary/aromatic N) is 2. The van der Waals surface area contributed by atoms with E-state index in [1.54, 1.807) is 0 Å². The smallest absolute Gasteiger partial charge is 0.329 e. The molecule has 0 aromatic heterocycles. The summed E-state index contributed by atoms with van der Waals surface area (Å²) in [5.41, 5.74) is 8.25. The molecule has 1 aromatic carbocycles. The van der Waals surface area contributed by atoms with E-state index in [-0.39, 0.29) is 6.04 Å². The van der Waals surface area contributed by atoms with Crippen molar-refractivity contribution in [1.29, 1.82) is 0 Å². The number of hydrogen-bond donors (Lipinski definition) is 1. The Bertz CT molecular complexity index is 454. The molecule has 21 heavy (non-hydrogen) atoms. The standard InChI is InChI=1S/C15H22F3N3/c1-12-4-2-3-5-13(12)14(10-19)21-8-6-20(7-9-21)11-15(16,17)18/h2-5,14H,6-11,19H2,1H3. The minimum Gasteiger partial charge on any atom is -0.329 e. The highest BCUT2D eigenvalue weighted by Gasteiger charge is 2.33. The average molecular weight is 301 g/mol. The second-order valence-electron chi connectivity index (χ2n) is 5.54. The third-order valence-electron chi connectivity index (χ3n) is 4.02. The molecule has 2 N–H and O–H groups in total. The van der Waals surface area contributed by atoms with Crippen LogP contribution in [0.25, 0.3) is 0 Å². The van der Waals surface area contributed by atoms with E-state index < -0.39 is 12.7 Å². The molecule has 1 aromatic rings. The Hall–Kier alpha value is -1.11. The zero-order chi connectivity index (χ0) is 15.5. The molecular formula is C15H22F3N3. The molecular weight excluding hydrogens is 279 g/mol. The highest BCUT2D eigenvalue weighted by molar-refractivity contribution is 5.29. The van der Waals surface area contributed by atoms with Crippen molar-refractivity contribution in [2.45, 2.75) is 19.1 Å². The molecule has 1 atom stereocenters. The average Bonchev–Trinajstić information content (AvgIpc) is 2.42. The molecule has 0 amide bonds. The number of rotatable bonds is 4. The summed E-state index contributed by atoms with van der Waals surface area (Å²) in [6, 6.07) is 8.13. The second kappa shape index (κ2) is 6.77. The highest BCUT2D eigenvalue weighted by atomic mass is 19.4. The van der Waals surface area contributed by atoms with Gasteiger partial charge in [-0.05, 0) is 18.1 Å². The lowest BCUT2D eigenvalue weighted by Gasteiger charge is -2.39. The van der Waals surface area contributed by atoms with Crippen LogP contribution in [0.1, 0.15) is 17.2 Å². The lowest BCUT2D eigenvalue weighted by Crippen LogP contribution is -2.51. The minimum absolute atomic E-state index is 0.0826. The first-order valence-corrected chi connectivity index (χ1v) is 7.19. The van der Waals surface area contributed by atoms with E-state index in [0.717, 1.165) is 0 Å². The summed E-state index contributed by atoms with van der Waals surface area (Å²) in [6.07, 6.45) is -4.12. The fourth-order valence-corrected chi connectivity index (χ4v) is 2.92. The molecule has 1 saturated heterocycles. The molecule has 1 unspecified atom stereocenters. The maximum absolute atomic E-state index is 12.4. The number of halogens is 3. The largest absolute Gasteiger partial charge is 0.401 e. The van der Waals surface area contributed by atoms with E-state index in [1.807, 2.05) is 25.1 Å². The molecule has 3 nitrogen and oxygen atoms in total. The van der Waals surface area contributed by atoms with Gasteiger partial charge < -0.3 is 5.73 Å². The molecule has 0 saturated carbocycles. The van der Waals surface area contributed by atoms with Gasteiger partial charge in [0, 0.05) is 38.8 Å². The van der Waals surface area contributed by atoms with Crippen molar-refractivity contribution in [3.05, 3.63) is 35.4 Å². The van der Waals surface area contributed by atoms with Crippen LogP contribution in [0.15, 0.2) is 24.3 Å². The summed E-state index contributed by atoms with van der Waals surface area (Å²) in [5, 5.41) is 0. The SMILES string of the molecule is Cc1ccccc1C(CN)N1CCN(CC(F)(F)F)CC1. The van der Waals surface area contributed by atoms with Crippen molar-refractivity contribution >= 4 is 0 Å². The molecule has 1 heterocycles. The van der Waals surface area contributed by atoms with Crippen LogP contribution in [0, 0.1) is 6.92 Å². The Balaban J connectivity index is 1.98. The molecule has 2 rings (SSSR count). The van der Waals surface area contributed by atoms with Gasteiger partial charge in [0.2, 0.25) is 0 Å². The lowest BCUT2D eigenvalue weighted by atomic mass is 9.99. The van der Waals surface area contributed by atoms with Crippen molar-refractivity contribution < 1.29 is 13.2 Å². The number of aryl methyl sites for hydroxylation is 1. The predicted molar refractivity (Wildman–Crippen MR) is 77.0 cm³/mol. The van der Waals surface area contributed by atoms with Gasteiger partial charge in [-0.15, -0.1) is 0 Å². The van der Waals surface area contributed by atoms with Crippen LogP contribution in [-0.2, 0) is 0 Å². The second-order valence-corrected chi connectivity index (χ2v) is 5.54. The Kier molecular flexibility index (Phi) is 5.24.